The zero-order chi connectivity index (χ0) is 18.2. The summed E-state index contributed by atoms with van der Waals surface area (Å²) < 4.78 is 6.29. The van der Waals surface area contributed by atoms with Crippen molar-refractivity contribution < 1.29 is 14.9 Å². The Morgan fingerprint density at radius 3 is 2.76 bits per heavy atom. The summed E-state index contributed by atoms with van der Waals surface area (Å²) in [4.78, 5) is 0. The summed E-state index contributed by atoms with van der Waals surface area (Å²) in [6, 6.07) is 5.95. The van der Waals surface area contributed by atoms with Crippen LogP contribution in [0, 0.1) is 17.2 Å². The fourth-order valence-electron chi connectivity index (χ4n) is 4.65. The highest BCUT2D eigenvalue weighted by Crippen LogP contribution is 2.56. The topological polar surface area (TPSA) is 73.5 Å². The molecule has 1 heterocycles. The molecule has 3 rings (SSSR count). The van der Waals surface area contributed by atoms with Crippen molar-refractivity contribution in [3.63, 3.8) is 0 Å². The van der Waals surface area contributed by atoms with E-state index < -0.39 is 5.60 Å². The predicted molar refractivity (Wildman–Crippen MR) is 96.7 cm³/mol. The van der Waals surface area contributed by atoms with Crippen LogP contribution in [0.15, 0.2) is 12.1 Å². The lowest BCUT2D eigenvalue weighted by Gasteiger charge is -2.49. The Labute approximate surface area is 150 Å². The van der Waals surface area contributed by atoms with Gasteiger partial charge >= 0.3 is 0 Å². The summed E-state index contributed by atoms with van der Waals surface area (Å²) in [7, 11) is 0. The molecule has 1 aliphatic carbocycles. The van der Waals surface area contributed by atoms with Crippen molar-refractivity contribution in [2.45, 2.75) is 82.8 Å². The van der Waals surface area contributed by atoms with Crippen LogP contribution >= 0.6 is 0 Å². The highest BCUT2D eigenvalue weighted by atomic mass is 16.5. The van der Waals surface area contributed by atoms with Crippen LogP contribution in [0.5, 0.6) is 11.5 Å². The van der Waals surface area contributed by atoms with E-state index in [9.17, 15) is 15.5 Å². The molecule has 0 aromatic heterocycles. The van der Waals surface area contributed by atoms with E-state index in [0.29, 0.717) is 12.8 Å². The van der Waals surface area contributed by atoms with Crippen molar-refractivity contribution in [1.29, 1.82) is 5.26 Å². The second-order valence-corrected chi connectivity index (χ2v) is 8.29. The number of aliphatic hydroxyl groups is 1. The van der Waals surface area contributed by atoms with E-state index in [2.05, 4.69) is 26.8 Å². The number of benzene rings is 1. The van der Waals surface area contributed by atoms with E-state index in [4.69, 9.17) is 4.74 Å². The molecule has 1 fully saturated rings. The molecule has 0 saturated heterocycles. The molecule has 4 nitrogen and oxygen atoms in total. The fraction of sp³-hybridized carbons (Fsp3) is 0.667. The van der Waals surface area contributed by atoms with E-state index in [-0.39, 0.29) is 23.2 Å². The zero-order valence-corrected chi connectivity index (χ0v) is 15.5. The molecule has 2 N–H and O–H groups in total. The summed E-state index contributed by atoms with van der Waals surface area (Å²) in [6.07, 6.45) is 5.90. The molecule has 0 spiro atoms. The molecular weight excluding hydrogens is 314 g/mol. The van der Waals surface area contributed by atoms with Crippen LogP contribution in [0.4, 0.5) is 0 Å². The minimum Gasteiger partial charge on any atom is -0.508 e. The van der Waals surface area contributed by atoms with Gasteiger partial charge in [-0.3, -0.25) is 0 Å². The Morgan fingerprint density at radius 2 is 2.08 bits per heavy atom. The maximum absolute atomic E-state index is 10.7. The van der Waals surface area contributed by atoms with Crippen LogP contribution in [-0.2, 0) is 6.42 Å². The number of phenols is 1. The van der Waals surface area contributed by atoms with Crippen LogP contribution in [0.1, 0.15) is 76.3 Å². The van der Waals surface area contributed by atoms with Gasteiger partial charge in [0.2, 0.25) is 0 Å². The van der Waals surface area contributed by atoms with Gasteiger partial charge in [0.05, 0.1) is 6.07 Å². The largest absolute Gasteiger partial charge is 0.508 e. The Kier molecular flexibility index (Phi) is 4.72. The zero-order valence-electron chi connectivity index (χ0n) is 15.5. The summed E-state index contributed by atoms with van der Waals surface area (Å²) >= 11 is 0. The molecule has 25 heavy (non-hydrogen) atoms. The van der Waals surface area contributed by atoms with Gasteiger partial charge < -0.3 is 14.9 Å². The molecular formula is C21H29NO3. The van der Waals surface area contributed by atoms with Gasteiger partial charge in [0.25, 0.3) is 0 Å². The van der Waals surface area contributed by atoms with Crippen molar-refractivity contribution in [2.24, 2.45) is 5.92 Å². The first-order chi connectivity index (χ1) is 11.8. The Bertz CT molecular complexity index is 691. The van der Waals surface area contributed by atoms with Gasteiger partial charge in [-0.05, 0) is 63.6 Å². The lowest BCUT2D eigenvalue weighted by Crippen LogP contribution is -2.50. The quantitative estimate of drug-likeness (QED) is 0.626. The average Bonchev–Trinajstić information content (AvgIpc) is 2.53. The Hall–Kier alpha value is -1.73. The molecule has 136 valence electrons. The first-order valence-corrected chi connectivity index (χ1v) is 9.48. The van der Waals surface area contributed by atoms with Crippen LogP contribution in [-0.4, -0.2) is 21.4 Å². The molecule has 1 aromatic rings. The molecule has 0 unspecified atom stereocenters. The number of hydrogen-bond acceptors (Lipinski definition) is 4. The van der Waals surface area contributed by atoms with Crippen molar-refractivity contribution in [3.8, 4) is 17.6 Å². The summed E-state index contributed by atoms with van der Waals surface area (Å²) in [5.41, 5.74) is 0.184. The van der Waals surface area contributed by atoms with Crippen LogP contribution in [0.3, 0.4) is 0 Å². The van der Waals surface area contributed by atoms with Crippen molar-refractivity contribution in [2.75, 3.05) is 0 Å². The van der Waals surface area contributed by atoms with Gasteiger partial charge in [-0.15, -0.1) is 0 Å². The number of rotatable bonds is 4. The third-order valence-electron chi connectivity index (χ3n) is 6.01. The minimum atomic E-state index is -1.31. The molecule has 1 aromatic carbocycles. The van der Waals surface area contributed by atoms with Gasteiger partial charge in [-0.2, -0.15) is 5.26 Å². The normalized spacial score (nSPS) is 29.9. The maximum atomic E-state index is 10.7. The summed E-state index contributed by atoms with van der Waals surface area (Å²) in [6.45, 7) is 6.33. The molecule has 0 bridgehead atoms. The number of ether oxygens (including phenoxy) is 1. The van der Waals surface area contributed by atoms with Gasteiger partial charge in [0.15, 0.2) is 5.60 Å². The summed E-state index contributed by atoms with van der Waals surface area (Å²) in [5.74, 6) is 1.10. The lowest BCUT2D eigenvalue weighted by molar-refractivity contribution is -0.0517. The molecule has 0 amide bonds. The van der Waals surface area contributed by atoms with Crippen molar-refractivity contribution >= 4 is 0 Å². The van der Waals surface area contributed by atoms with Gasteiger partial charge in [0, 0.05) is 17.4 Å². The van der Waals surface area contributed by atoms with E-state index in [0.717, 1.165) is 42.6 Å². The van der Waals surface area contributed by atoms with E-state index >= 15 is 0 Å². The molecule has 1 saturated carbocycles. The number of nitrogens with zero attached hydrogens (tertiary/aromatic N) is 1. The highest BCUT2D eigenvalue weighted by molar-refractivity contribution is 5.52. The molecule has 1 aliphatic heterocycles. The van der Waals surface area contributed by atoms with Gasteiger partial charge in [-0.25, -0.2) is 0 Å². The monoisotopic (exact) mass is 343 g/mol. The van der Waals surface area contributed by atoms with Gasteiger partial charge in [0.1, 0.15) is 17.1 Å². The van der Waals surface area contributed by atoms with Crippen LogP contribution in [0.25, 0.3) is 0 Å². The second kappa shape index (κ2) is 6.53. The summed E-state index contributed by atoms with van der Waals surface area (Å²) in [5, 5.41) is 30.6. The Morgan fingerprint density at radius 1 is 1.32 bits per heavy atom. The lowest BCUT2D eigenvalue weighted by atomic mass is 9.62. The third-order valence-corrected chi connectivity index (χ3v) is 6.01. The number of nitriles is 1. The smallest absolute Gasteiger partial charge is 0.151 e. The standard InChI is InChI=1S/C21H29NO3/c1-4-5-6-7-14-10-17(23)19-15-12-21(24,13-22)9-8-16(15)20(2,3)25-18(19)11-14/h10-11,15-16,23-24H,4-9,12H2,1-3H3/t15-,16-,21+/m0/s1. The number of fused-ring (bicyclic) bond motifs is 3. The van der Waals surface area contributed by atoms with Crippen LogP contribution < -0.4 is 4.74 Å². The number of phenolic OH excluding ortho intramolecular Hbond substituents is 1. The number of unbranched alkanes of at least 4 members (excludes halogenated alkanes) is 2. The van der Waals surface area contributed by atoms with Crippen molar-refractivity contribution in [1.82, 2.24) is 0 Å². The molecule has 0 radical (unpaired) electrons. The SMILES string of the molecule is CCCCCc1cc(O)c2c(c1)OC(C)(C)[C@H]1CC[C@](O)(C#N)C[C@H]21. The first-order valence-electron chi connectivity index (χ1n) is 9.48. The van der Waals surface area contributed by atoms with E-state index in [1.807, 2.05) is 12.1 Å². The predicted octanol–water partition coefficient (Wildman–Crippen LogP) is 4.43. The third kappa shape index (κ3) is 3.35. The second-order valence-electron chi connectivity index (χ2n) is 8.29. The molecule has 3 atom stereocenters. The van der Waals surface area contributed by atoms with Gasteiger partial charge in [-0.1, -0.05) is 19.8 Å². The first kappa shape index (κ1) is 18.1. The highest BCUT2D eigenvalue weighted by Gasteiger charge is 2.51. The minimum absolute atomic E-state index is 0.0539. The number of aromatic hydroxyl groups is 1. The van der Waals surface area contributed by atoms with E-state index in [1.165, 1.54) is 6.42 Å². The van der Waals surface area contributed by atoms with Crippen LogP contribution in [0.2, 0.25) is 0 Å². The van der Waals surface area contributed by atoms with E-state index in [1.54, 1.807) is 0 Å². The number of aryl methyl sites for hydroxylation is 1. The maximum Gasteiger partial charge on any atom is 0.151 e. The molecule has 4 heteroatoms. The fourth-order valence-corrected chi connectivity index (χ4v) is 4.65. The van der Waals surface area contributed by atoms with Crippen molar-refractivity contribution in [3.05, 3.63) is 23.3 Å². The Balaban J connectivity index is 1.98. The number of hydrogen-bond donors (Lipinski definition) is 2. The average molecular weight is 343 g/mol. The molecule has 2 aliphatic rings.